The molecule has 0 saturated carbocycles. The van der Waals surface area contributed by atoms with E-state index in [9.17, 15) is 0 Å². The van der Waals surface area contributed by atoms with Gasteiger partial charge in [-0.2, -0.15) is 0 Å². The molecule has 4 aliphatic carbocycles. The minimum atomic E-state index is -0.229. The minimum absolute atomic E-state index is 0.0594. The van der Waals surface area contributed by atoms with Crippen LogP contribution in [0.1, 0.15) is 97.2 Å². The van der Waals surface area contributed by atoms with Crippen molar-refractivity contribution >= 4 is 34.1 Å². The highest BCUT2D eigenvalue weighted by Crippen LogP contribution is 2.57. The second-order valence-electron chi connectivity index (χ2n) is 29.4. The summed E-state index contributed by atoms with van der Waals surface area (Å²) in [5.74, 6) is 0. The lowest BCUT2D eigenvalue weighted by atomic mass is 9.74. The van der Waals surface area contributed by atoms with Gasteiger partial charge in [0.15, 0.2) is 0 Å². The number of benzene rings is 15. The highest BCUT2D eigenvalue weighted by atomic mass is 15.1. The molecule has 0 saturated heterocycles. The van der Waals surface area contributed by atoms with Crippen LogP contribution >= 0.6 is 0 Å². The zero-order chi connectivity index (χ0) is 68.9. The van der Waals surface area contributed by atoms with Gasteiger partial charge in [-0.1, -0.05) is 307 Å². The van der Waals surface area contributed by atoms with E-state index in [1.54, 1.807) is 0 Å². The first kappa shape index (κ1) is 62.2. The Morgan fingerprint density at radius 2 is 0.412 bits per heavy atom. The molecule has 2 heteroatoms. The van der Waals surface area contributed by atoms with Crippen LogP contribution in [0.4, 0.5) is 34.1 Å². The summed E-state index contributed by atoms with van der Waals surface area (Å²) < 4.78 is 0. The topological polar surface area (TPSA) is 6.48 Å². The molecule has 0 atom stereocenters. The highest BCUT2D eigenvalue weighted by Gasteiger charge is 2.43. The van der Waals surface area contributed by atoms with Crippen molar-refractivity contribution in [1.82, 2.24) is 0 Å². The van der Waals surface area contributed by atoms with Crippen molar-refractivity contribution in [2.45, 2.75) is 63.2 Å². The third kappa shape index (κ3) is 9.98. The average Bonchev–Trinajstić information content (AvgIpc) is 1.58. The number of fused-ring (bicyclic) bond motifs is 12. The summed E-state index contributed by atoms with van der Waals surface area (Å²) >= 11 is 0. The number of hydrogen-bond donors (Lipinski definition) is 0. The third-order valence-electron chi connectivity index (χ3n) is 23.1. The van der Waals surface area contributed by atoms with Crippen molar-refractivity contribution < 1.29 is 0 Å². The number of nitrogens with zero attached hydrogens (tertiary/aromatic N) is 2. The third-order valence-corrected chi connectivity index (χ3v) is 23.1. The summed E-state index contributed by atoms with van der Waals surface area (Å²) in [6.45, 7) is 14.2. The normalized spacial score (nSPS) is 14.3. The number of anilines is 6. The SMILES string of the molecule is CC1(C)c2ccccc2-c2ccc(N(c3ccc(-c4ccccc4)cc3)c3ccc(-c4cccc(C5(C)c6ccccc6-c6ccccc65)c4)cc3)cc21.CC1(C)c2ccccc2-c2ccc(N(c3ccccc3)c3ccc(-c4cccc(C5(C)c6ccccc6-c6ccccc65)c4)cc3)cc21. The molecule has 19 rings (SSSR count). The van der Waals surface area contributed by atoms with E-state index in [1.165, 1.54) is 139 Å². The van der Waals surface area contributed by atoms with Gasteiger partial charge in [0.2, 0.25) is 0 Å². The van der Waals surface area contributed by atoms with Crippen LogP contribution in [-0.2, 0) is 21.7 Å². The maximum Gasteiger partial charge on any atom is 0.0465 e. The quantitative estimate of drug-likeness (QED) is 0.127. The van der Waals surface area contributed by atoms with Gasteiger partial charge < -0.3 is 9.80 Å². The second-order valence-corrected chi connectivity index (χ2v) is 29.4. The first-order chi connectivity index (χ1) is 49.8. The van der Waals surface area contributed by atoms with Crippen LogP contribution in [0.25, 0.3) is 77.9 Å². The predicted octanol–water partition coefficient (Wildman–Crippen LogP) is 26.6. The van der Waals surface area contributed by atoms with Gasteiger partial charge >= 0.3 is 0 Å². The molecule has 15 aromatic carbocycles. The molecular weight excluding hydrogens is 1230 g/mol. The predicted molar refractivity (Wildman–Crippen MR) is 429 cm³/mol. The number of para-hydroxylation sites is 1. The van der Waals surface area contributed by atoms with Crippen molar-refractivity contribution in [2.24, 2.45) is 0 Å². The van der Waals surface area contributed by atoms with Crippen LogP contribution in [0.5, 0.6) is 0 Å². The molecule has 0 bridgehead atoms. The standard InChI is InChI=1S/C53H41N.C47H37N/c1-52(2)48-21-10-7-18-44(48)47-33-32-43(35-51(47)52)54(41-28-24-37(25-29-41)36-14-5-4-6-15-36)42-30-26-38(27-31-42)39-16-13-17-40(34-39)53(3)49-22-11-8-19-45(49)46-20-9-12-23-50(46)53;1-46(2)42-21-10-7-18-38(42)41-29-28-37(31-45(41)46)48(35-16-5-4-6-17-35)36-26-24-32(25-27-36)33-14-13-15-34(30-33)47(3)43-22-11-8-19-39(43)40-20-9-12-23-44(40)47/h4-35H,1-3H3;4-31H,1-3H3. The first-order valence-electron chi connectivity index (χ1n) is 36.0. The maximum absolute atomic E-state index is 2.41. The van der Waals surface area contributed by atoms with Gasteiger partial charge in [-0.05, 0) is 232 Å². The fraction of sp³-hybridized carbons (Fsp3) is 0.100. The van der Waals surface area contributed by atoms with E-state index in [4.69, 9.17) is 0 Å². The molecule has 0 spiro atoms. The smallest absolute Gasteiger partial charge is 0.0465 e. The highest BCUT2D eigenvalue weighted by molar-refractivity contribution is 5.90. The lowest BCUT2D eigenvalue weighted by Crippen LogP contribution is -2.22. The van der Waals surface area contributed by atoms with Gasteiger partial charge in [0, 0.05) is 55.8 Å². The largest absolute Gasteiger partial charge is 0.310 e. The molecule has 0 N–H and O–H groups in total. The van der Waals surface area contributed by atoms with Crippen LogP contribution < -0.4 is 9.80 Å². The molecule has 0 aromatic heterocycles. The Kier molecular flexibility index (Phi) is 14.9. The van der Waals surface area contributed by atoms with E-state index >= 15 is 0 Å². The summed E-state index contributed by atoms with van der Waals surface area (Å²) in [4.78, 5) is 4.79. The number of hydrogen-bond acceptors (Lipinski definition) is 2. The van der Waals surface area contributed by atoms with Gasteiger partial charge in [-0.3, -0.25) is 0 Å². The van der Waals surface area contributed by atoms with Crippen LogP contribution in [0.15, 0.2) is 364 Å². The van der Waals surface area contributed by atoms with Crippen LogP contribution in [0, 0.1) is 0 Å². The van der Waals surface area contributed by atoms with E-state index in [1.807, 2.05) is 0 Å². The zero-order valence-electron chi connectivity index (χ0n) is 58.5. The fourth-order valence-electron chi connectivity index (χ4n) is 17.7. The lowest BCUT2D eigenvalue weighted by molar-refractivity contribution is 0.660. The van der Waals surface area contributed by atoms with Crippen LogP contribution in [0.2, 0.25) is 0 Å². The molecule has 0 heterocycles. The van der Waals surface area contributed by atoms with Crippen molar-refractivity contribution in [1.29, 1.82) is 0 Å². The van der Waals surface area contributed by atoms with E-state index in [0.29, 0.717) is 0 Å². The Labute approximate surface area is 600 Å². The Hall–Kier alpha value is -12.1. The van der Waals surface area contributed by atoms with Gasteiger partial charge in [0.1, 0.15) is 0 Å². The second kappa shape index (κ2) is 24.4. The average molecular weight is 1310 g/mol. The van der Waals surface area contributed by atoms with Crippen LogP contribution in [-0.4, -0.2) is 0 Å². The van der Waals surface area contributed by atoms with Crippen molar-refractivity contribution in [2.75, 3.05) is 9.80 Å². The van der Waals surface area contributed by atoms with Gasteiger partial charge in [-0.25, -0.2) is 0 Å². The van der Waals surface area contributed by atoms with E-state index in [0.717, 1.165) is 28.4 Å². The molecule has 15 aromatic rings. The van der Waals surface area contributed by atoms with E-state index < -0.39 is 0 Å². The van der Waals surface area contributed by atoms with Gasteiger partial charge in [-0.15, -0.1) is 0 Å². The summed E-state index contributed by atoms with van der Waals surface area (Å²) in [6, 6.07) is 134. The molecule has 0 aliphatic heterocycles. The van der Waals surface area contributed by atoms with Crippen molar-refractivity contribution in [3.8, 4) is 77.9 Å². The fourth-order valence-corrected chi connectivity index (χ4v) is 17.7. The molecule has 4 aliphatic rings. The maximum atomic E-state index is 2.41. The zero-order valence-corrected chi connectivity index (χ0v) is 58.5. The van der Waals surface area contributed by atoms with Crippen molar-refractivity contribution in [3.63, 3.8) is 0 Å². The van der Waals surface area contributed by atoms with Crippen LogP contribution in [0.3, 0.4) is 0 Å². The molecule has 0 fully saturated rings. The summed E-state index contributed by atoms with van der Waals surface area (Å²) in [7, 11) is 0. The molecule has 488 valence electrons. The molecular formula is C100H78N2. The van der Waals surface area contributed by atoms with E-state index in [-0.39, 0.29) is 21.7 Å². The minimum Gasteiger partial charge on any atom is -0.310 e. The monoisotopic (exact) mass is 1310 g/mol. The Morgan fingerprint density at radius 3 is 0.765 bits per heavy atom. The molecule has 0 amide bonds. The van der Waals surface area contributed by atoms with E-state index in [2.05, 4.69) is 415 Å². The summed E-state index contributed by atoms with van der Waals surface area (Å²) in [5, 5.41) is 0. The Bertz CT molecular complexity index is 5630. The summed E-state index contributed by atoms with van der Waals surface area (Å²) in [6.07, 6.45) is 0. The lowest BCUT2D eigenvalue weighted by Gasteiger charge is -2.29. The molecule has 0 radical (unpaired) electrons. The molecule has 0 unspecified atom stereocenters. The molecule has 102 heavy (non-hydrogen) atoms. The number of rotatable bonds is 11. The summed E-state index contributed by atoms with van der Waals surface area (Å²) in [5.41, 5.74) is 37.9. The first-order valence-corrected chi connectivity index (χ1v) is 36.0. The van der Waals surface area contributed by atoms with Gasteiger partial charge in [0.25, 0.3) is 0 Å². The Balaban J connectivity index is 0.000000147. The Morgan fingerprint density at radius 1 is 0.167 bits per heavy atom. The van der Waals surface area contributed by atoms with Crippen molar-refractivity contribution in [3.05, 3.63) is 420 Å². The molecule has 2 nitrogen and oxygen atoms in total. The van der Waals surface area contributed by atoms with Gasteiger partial charge in [0.05, 0.1) is 0 Å².